The summed E-state index contributed by atoms with van der Waals surface area (Å²) >= 11 is 7.75. The predicted molar refractivity (Wildman–Crippen MR) is 132 cm³/mol. The van der Waals surface area contributed by atoms with Crippen LogP contribution in [0.4, 0.5) is 0 Å². The Labute approximate surface area is 189 Å². The van der Waals surface area contributed by atoms with E-state index in [1.807, 2.05) is 22.7 Å². The highest BCUT2D eigenvalue weighted by Gasteiger charge is 2.47. The summed E-state index contributed by atoms with van der Waals surface area (Å²) in [6.45, 7) is 9.49. The van der Waals surface area contributed by atoms with E-state index in [4.69, 9.17) is 0 Å². The number of hydrogen-bond donors (Lipinski definition) is 0. The van der Waals surface area contributed by atoms with Gasteiger partial charge in [0.25, 0.3) is 0 Å². The molecule has 0 radical (unpaired) electrons. The zero-order valence-electron chi connectivity index (χ0n) is 18.2. The van der Waals surface area contributed by atoms with E-state index in [-0.39, 0.29) is 5.41 Å². The molecular weight excluding hydrogens is 444 g/mol. The summed E-state index contributed by atoms with van der Waals surface area (Å²) in [5.74, 6) is 1.67. The molecule has 2 unspecified atom stereocenters. The van der Waals surface area contributed by atoms with E-state index >= 15 is 0 Å². The first-order chi connectivity index (χ1) is 13.6. The van der Waals surface area contributed by atoms with E-state index in [0.717, 1.165) is 11.8 Å². The molecule has 1 aliphatic rings. The van der Waals surface area contributed by atoms with Crippen molar-refractivity contribution in [3.8, 4) is 9.75 Å². The van der Waals surface area contributed by atoms with Crippen molar-refractivity contribution in [3.63, 3.8) is 0 Å². The Morgan fingerprint density at radius 3 is 2.04 bits per heavy atom. The van der Waals surface area contributed by atoms with Crippen LogP contribution in [0.5, 0.6) is 0 Å². The van der Waals surface area contributed by atoms with Gasteiger partial charge in [0.2, 0.25) is 0 Å². The zero-order chi connectivity index (χ0) is 20.1. The summed E-state index contributed by atoms with van der Waals surface area (Å²) in [6, 6.07) is 4.95. The maximum absolute atomic E-state index is 3.82. The molecule has 1 aliphatic carbocycles. The molecule has 0 saturated heterocycles. The van der Waals surface area contributed by atoms with Crippen LogP contribution in [0.3, 0.4) is 0 Å². The Morgan fingerprint density at radius 2 is 1.50 bits per heavy atom. The monoisotopic (exact) mass is 480 g/mol. The molecule has 0 bridgehead atoms. The van der Waals surface area contributed by atoms with Crippen molar-refractivity contribution < 1.29 is 0 Å². The Morgan fingerprint density at radius 1 is 0.893 bits per heavy atom. The minimum atomic E-state index is 0.246. The average Bonchev–Trinajstić information content (AvgIpc) is 3.37. The van der Waals surface area contributed by atoms with Crippen LogP contribution in [-0.4, -0.2) is 0 Å². The lowest BCUT2D eigenvalue weighted by molar-refractivity contribution is 0.266. The molecule has 2 heterocycles. The summed E-state index contributed by atoms with van der Waals surface area (Å²) in [5.41, 5.74) is 3.56. The minimum Gasteiger partial charge on any atom is -0.143 e. The number of halogens is 1. The summed E-state index contributed by atoms with van der Waals surface area (Å²) in [5, 5.41) is 2.34. The van der Waals surface area contributed by atoms with Crippen LogP contribution in [0.25, 0.3) is 9.75 Å². The van der Waals surface area contributed by atoms with Crippen LogP contribution < -0.4 is 0 Å². The van der Waals surface area contributed by atoms with Crippen LogP contribution in [0, 0.1) is 11.8 Å². The van der Waals surface area contributed by atoms with Crippen molar-refractivity contribution in [2.45, 2.75) is 97.3 Å². The number of thiophene rings is 2. The quantitative estimate of drug-likeness (QED) is 0.283. The van der Waals surface area contributed by atoms with Gasteiger partial charge >= 0.3 is 0 Å². The Balaban J connectivity index is 2.02. The summed E-state index contributed by atoms with van der Waals surface area (Å²) in [6.07, 6.45) is 13.5. The topological polar surface area (TPSA) is 0 Å². The van der Waals surface area contributed by atoms with Gasteiger partial charge in [0, 0.05) is 15.2 Å². The molecule has 28 heavy (non-hydrogen) atoms. The molecule has 2 aromatic rings. The normalized spacial score (nSPS) is 20.2. The third kappa shape index (κ3) is 4.47. The van der Waals surface area contributed by atoms with Gasteiger partial charge in [-0.15, -0.1) is 22.7 Å². The van der Waals surface area contributed by atoms with Gasteiger partial charge in [-0.25, -0.2) is 0 Å². The summed E-state index contributed by atoms with van der Waals surface area (Å²) in [4.78, 5) is 3.13. The highest BCUT2D eigenvalue weighted by Crippen LogP contribution is 2.60. The van der Waals surface area contributed by atoms with E-state index in [2.05, 4.69) is 61.1 Å². The second kappa shape index (κ2) is 10.3. The first kappa shape index (κ1) is 22.6. The molecule has 0 aliphatic heterocycles. The molecule has 0 aromatic carbocycles. The predicted octanol–water partition coefficient (Wildman–Crippen LogP) is 10.1. The third-order valence-corrected chi connectivity index (χ3v) is 9.68. The number of unbranched alkanes of at least 4 members (excludes halogenated alkanes) is 2. The van der Waals surface area contributed by atoms with Crippen LogP contribution in [0.15, 0.2) is 21.3 Å². The molecule has 2 atom stereocenters. The molecule has 3 heteroatoms. The number of fused-ring (bicyclic) bond motifs is 3. The van der Waals surface area contributed by atoms with E-state index in [1.165, 1.54) is 68.0 Å². The number of hydrogen-bond acceptors (Lipinski definition) is 2. The smallest absolute Gasteiger partial charge is 0.0708 e. The average molecular weight is 482 g/mol. The summed E-state index contributed by atoms with van der Waals surface area (Å²) < 4.78 is 1.31. The highest BCUT2D eigenvalue weighted by atomic mass is 79.9. The fourth-order valence-corrected chi connectivity index (χ4v) is 8.16. The van der Waals surface area contributed by atoms with Gasteiger partial charge in [-0.05, 0) is 69.2 Å². The molecule has 0 saturated carbocycles. The molecule has 156 valence electrons. The van der Waals surface area contributed by atoms with E-state index < -0.39 is 0 Å². The van der Waals surface area contributed by atoms with Gasteiger partial charge in [-0.2, -0.15) is 0 Å². The fraction of sp³-hybridized carbons (Fsp3) is 0.680. The highest BCUT2D eigenvalue weighted by molar-refractivity contribution is 9.11. The lowest BCUT2D eigenvalue weighted by Crippen LogP contribution is -2.31. The maximum atomic E-state index is 3.82. The molecular formula is C25H37BrS2. The van der Waals surface area contributed by atoms with Crippen molar-refractivity contribution in [2.24, 2.45) is 11.8 Å². The van der Waals surface area contributed by atoms with Gasteiger partial charge in [-0.3, -0.25) is 0 Å². The van der Waals surface area contributed by atoms with Crippen molar-refractivity contribution in [1.82, 2.24) is 0 Å². The Kier molecular flexibility index (Phi) is 8.27. The van der Waals surface area contributed by atoms with Crippen LogP contribution in [0.2, 0.25) is 0 Å². The van der Waals surface area contributed by atoms with Gasteiger partial charge in [-0.1, -0.05) is 79.1 Å². The summed E-state index contributed by atoms with van der Waals surface area (Å²) in [7, 11) is 0. The number of rotatable bonds is 12. The Bertz CT molecular complexity index is 724. The third-order valence-electron chi connectivity index (χ3n) is 6.97. The SMILES string of the molecule is CCCCC(CC)CC1(CC(CC)CCCC)c2ccsc2-c2sc(Br)cc21. The second-order valence-corrected chi connectivity index (χ2v) is 12.1. The molecule has 0 N–H and O–H groups in total. The van der Waals surface area contributed by atoms with Gasteiger partial charge in [0.15, 0.2) is 0 Å². The van der Waals surface area contributed by atoms with Crippen molar-refractivity contribution in [2.75, 3.05) is 0 Å². The first-order valence-corrected chi connectivity index (χ1v) is 14.0. The van der Waals surface area contributed by atoms with E-state index in [0.29, 0.717) is 0 Å². The van der Waals surface area contributed by atoms with Crippen molar-refractivity contribution in [1.29, 1.82) is 0 Å². The molecule has 0 spiro atoms. The second-order valence-electron chi connectivity index (χ2n) is 8.78. The molecule has 2 aromatic heterocycles. The fourth-order valence-electron chi connectivity index (χ4n) is 5.29. The van der Waals surface area contributed by atoms with Gasteiger partial charge < -0.3 is 0 Å². The maximum Gasteiger partial charge on any atom is 0.0708 e. The van der Waals surface area contributed by atoms with E-state index in [1.54, 1.807) is 20.9 Å². The van der Waals surface area contributed by atoms with Crippen molar-refractivity contribution >= 4 is 38.6 Å². The lowest BCUT2D eigenvalue weighted by Gasteiger charge is -2.37. The van der Waals surface area contributed by atoms with Crippen LogP contribution in [-0.2, 0) is 5.41 Å². The Hall–Kier alpha value is -0.120. The van der Waals surface area contributed by atoms with E-state index in [9.17, 15) is 0 Å². The van der Waals surface area contributed by atoms with Crippen LogP contribution >= 0.6 is 38.6 Å². The molecule has 0 fully saturated rings. The first-order valence-electron chi connectivity index (χ1n) is 11.5. The molecule has 0 amide bonds. The zero-order valence-corrected chi connectivity index (χ0v) is 21.4. The van der Waals surface area contributed by atoms with Gasteiger partial charge in [0.1, 0.15) is 0 Å². The van der Waals surface area contributed by atoms with Gasteiger partial charge in [0.05, 0.1) is 3.79 Å². The largest absolute Gasteiger partial charge is 0.143 e. The molecule has 3 rings (SSSR count). The lowest BCUT2D eigenvalue weighted by atomic mass is 9.66. The standard InChI is InChI=1S/C25H37BrS2/c1-5-9-11-18(7-3)16-25(17-19(8-4)12-10-6-2)20-13-14-27-23(20)24-21(25)15-22(26)28-24/h13-15,18-19H,5-12,16-17H2,1-4H3. The van der Waals surface area contributed by atoms with Crippen molar-refractivity contribution in [3.05, 3.63) is 32.4 Å². The minimum absolute atomic E-state index is 0.246. The molecule has 0 nitrogen and oxygen atoms in total. The van der Waals surface area contributed by atoms with Crippen LogP contribution in [0.1, 0.15) is 103 Å².